The largest absolute Gasteiger partial charge is 0.492 e. The minimum atomic E-state index is -4.86. The molecule has 0 unspecified atom stereocenters. The Morgan fingerprint density at radius 2 is 1.43 bits per heavy atom. The molecule has 0 radical (unpaired) electrons. The summed E-state index contributed by atoms with van der Waals surface area (Å²) in [6, 6.07) is 1.20. The van der Waals surface area contributed by atoms with E-state index in [1.54, 1.807) is 0 Å². The highest BCUT2D eigenvalue weighted by atomic mass is 19.4. The van der Waals surface area contributed by atoms with Gasteiger partial charge in [-0.25, -0.2) is 0 Å². The molecule has 21 heavy (non-hydrogen) atoms. The van der Waals surface area contributed by atoms with Crippen LogP contribution in [0.15, 0.2) is 18.2 Å². The van der Waals surface area contributed by atoms with Gasteiger partial charge in [-0.05, 0) is 31.2 Å². The highest BCUT2D eigenvalue weighted by Gasteiger charge is 2.37. The van der Waals surface area contributed by atoms with Gasteiger partial charge in [0.2, 0.25) is 0 Å². The fraction of sp³-hybridized carbons (Fsp3) is 0.538. The Morgan fingerprint density at radius 3 is 1.86 bits per heavy atom. The smallest absolute Gasteiger partial charge is 0.416 e. The number of halogens is 6. The van der Waals surface area contributed by atoms with Crippen molar-refractivity contribution in [2.24, 2.45) is 0 Å². The Morgan fingerprint density at radius 1 is 0.905 bits per heavy atom. The second-order valence-corrected chi connectivity index (χ2v) is 4.34. The van der Waals surface area contributed by atoms with E-state index >= 15 is 0 Å². The van der Waals surface area contributed by atoms with Gasteiger partial charge in [0.25, 0.3) is 0 Å². The van der Waals surface area contributed by atoms with Gasteiger partial charge in [-0.1, -0.05) is 6.92 Å². The average molecular weight is 315 g/mol. The van der Waals surface area contributed by atoms with Gasteiger partial charge >= 0.3 is 12.4 Å². The predicted molar refractivity (Wildman–Crippen MR) is 65.1 cm³/mol. The number of rotatable bonds is 6. The number of benzene rings is 1. The number of nitrogens with one attached hydrogen (secondary N) is 1. The van der Waals surface area contributed by atoms with Gasteiger partial charge in [0.15, 0.2) is 0 Å². The van der Waals surface area contributed by atoms with Crippen LogP contribution in [-0.4, -0.2) is 19.7 Å². The second-order valence-electron chi connectivity index (χ2n) is 4.34. The number of ether oxygens (including phenoxy) is 1. The first-order valence-corrected chi connectivity index (χ1v) is 6.27. The van der Waals surface area contributed by atoms with Crippen molar-refractivity contribution in [3.8, 4) is 5.75 Å². The van der Waals surface area contributed by atoms with Crippen molar-refractivity contribution >= 4 is 0 Å². The number of alkyl halides is 6. The second kappa shape index (κ2) is 7.02. The monoisotopic (exact) mass is 315 g/mol. The molecule has 1 rings (SSSR count). The molecule has 2 nitrogen and oxygen atoms in total. The summed E-state index contributed by atoms with van der Waals surface area (Å²) >= 11 is 0. The zero-order valence-electron chi connectivity index (χ0n) is 11.2. The molecule has 0 aliphatic heterocycles. The highest BCUT2D eigenvalue weighted by Crippen LogP contribution is 2.38. The van der Waals surface area contributed by atoms with E-state index in [1.165, 1.54) is 0 Å². The molecule has 0 bridgehead atoms. The third-order valence-corrected chi connectivity index (χ3v) is 2.54. The molecule has 0 heterocycles. The lowest BCUT2D eigenvalue weighted by Crippen LogP contribution is -2.22. The van der Waals surface area contributed by atoms with Crippen molar-refractivity contribution in [1.82, 2.24) is 5.32 Å². The fourth-order valence-electron chi connectivity index (χ4n) is 1.55. The van der Waals surface area contributed by atoms with Crippen LogP contribution in [0.1, 0.15) is 24.5 Å². The Bertz CT molecular complexity index is 423. The maximum absolute atomic E-state index is 12.6. The molecule has 0 fully saturated rings. The maximum Gasteiger partial charge on any atom is 0.416 e. The summed E-state index contributed by atoms with van der Waals surface area (Å²) in [4.78, 5) is 0. The first-order chi connectivity index (χ1) is 9.64. The Balaban J connectivity index is 2.88. The van der Waals surface area contributed by atoms with Crippen LogP contribution in [-0.2, 0) is 12.4 Å². The molecule has 0 atom stereocenters. The van der Waals surface area contributed by atoms with Crippen LogP contribution in [0, 0.1) is 0 Å². The van der Waals surface area contributed by atoms with E-state index in [2.05, 4.69) is 5.32 Å². The van der Waals surface area contributed by atoms with Crippen molar-refractivity contribution in [3.05, 3.63) is 29.3 Å². The van der Waals surface area contributed by atoms with Crippen LogP contribution in [0.2, 0.25) is 0 Å². The molecule has 1 aromatic rings. The summed E-state index contributed by atoms with van der Waals surface area (Å²) in [6.07, 6.45) is -8.86. The molecule has 0 spiro atoms. The molecular weight excluding hydrogens is 300 g/mol. The van der Waals surface area contributed by atoms with Crippen molar-refractivity contribution in [2.75, 3.05) is 19.7 Å². The molecule has 0 aliphatic carbocycles. The van der Waals surface area contributed by atoms with Crippen LogP contribution in [0.5, 0.6) is 5.75 Å². The Kier molecular flexibility index (Phi) is 5.88. The lowest BCUT2D eigenvalue weighted by atomic mass is 10.1. The standard InChI is InChI=1S/C13H15F6NO/c1-2-3-20-4-5-21-11-7-9(12(14,15)16)6-10(8-11)13(17,18)19/h6-8,20H,2-5H2,1H3. The summed E-state index contributed by atoms with van der Waals surface area (Å²) in [6.45, 7) is 2.94. The summed E-state index contributed by atoms with van der Waals surface area (Å²) in [7, 11) is 0. The Labute approximate surface area is 118 Å². The topological polar surface area (TPSA) is 21.3 Å². The molecule has 0 aromatic heterocycles. The maximum atomic E-state index is 12.6. The van der Waals surface area contributed by atoms with E-state index in [1.807, 2.05) is 6.92 Å². The molecule has 8 heteroatoms. The molecule has 0 saturated heterocycles. The SMILES string of the molecule is CCCNCCOc1cc(C(F)(F)F)cc(C(F)(F)F)c1. The van der Waals surface area contributed by atoms with E-state index in [4.69, 9.17) is 4.74 Å². The van der Waals surface area contributed by atoms with Gasteiger partial charge in [-0.3, -0.25) is 0 Å². The van der Waals surface area contributed by atoms with Crippen LogP contribution < -0.4 is 10.1 Å². The molecular formula is C13H15F6NO. The normalized spacial score (nSPS) is 12.5. The summed E-state index contributed by atoms with van der Waals surface area (Å²) in [5, 5.41) is 2.93. The van der Waals surface area contributed by atoms with Gasteiger partial charge in [0, 0.05) is 6.54 Å². The van der Waals surface area contributed by atoms with Gasteiger partial charge < -0.3 is 10.1 Å². The third-order valence-electron chi connectivity index (χ3n) is 2.54. The molecule has 120 valence electrons. The summed E-state index contributed by atoms with van der Waals surface area (Å²) in [5.74, 6) is -0.449. The zero-order valence-corrected chi connectivity index (χ0v) is 11.2. The van der Waals surface area contributed by atoms with Crippen molar-refractivity contribution in [3.63, 3.8) is 0 Å². The van der Waals surface area contributed by atoms with Crippen LogP contribution in [0.4, 0.5) is 26.3 Å². The molecule has 0 aliphatic rings. The first kappa shape index (κ1) is 17.6. The van der Waals surface area contributed by atoms with E-state index in [-0.39, 0.29) is 12.7 Å². The van der Waals surface area contributed by atoms with Crippen molar-refractivity contribution < 1.29 is 31.1 Å². The minimum Gasteiger partial charge on any atom is -0.492 e. The summed E-state index contributed by atoms with van der Waals surface area (Å²) < 4.78 is 80.5. The van der Waals surface area contributed by atoms with Crippen LogP contribution in [0.25, 0.3) is 0 Å². The third kappa shape index (κ3) is 5.82. The van der Waals surface area contributed by atoms with Gasteiger partial charge in [0.1, 0.15) is 12.4 Å². The van der Waals surface area contributed by atoms with Gasteiger partial charge in [-0.15, -0.1) is 0 Å². The van der Waals surface area contributed by atoms with E-state index in [0.717, 1.165) is 6.42 Å². The number of hydrogen-bond acceptors (Lipinski definition) is 2. The van der Waals surface area contributed by atoms with Crippen LogP contribution in [0.3, 0.4) is 0 Å². The zero-order chi connectivity index (χ0) is 16.1. The number of hydrogen-bond donors (Lipinski definition) is 1. The lowest BCUT2D eigenvalue weighted by Gasteiger charge is -2.15. The average Bonchev–Trinajstić information content (AvgIpc) is 2.36. The first-order valence-electron chi connectivity index (χ1n) is 6.27. The quantitative estimate of drug-likeness (QED) is 0.630. The molecule has 1 aromatic carbocycles. The molecule has 1 N–H and O–H groups in total. The van der Waals surface area contributed by atoms with E-state index < -0.39 is 29.2 Å². The molecule has 0 amide bonds. The van der Waals surface area contributed by atoms with Gasteiger partial charge in [-0.2, -0.15) is 26.3 Å². The Hall–Kier alpha value is -1.44. The van der Waals surface area contributed by atoms with E-state index in [9.17, 15) is 26.3 Å². The minimum absolute atomic E-state index is 0.0153. The summed E-state index contributed by atoms with van der Waals surface area (Å²) in [5.41, 5.74) is -2.76. The lowest BCUT2D eigenvalue weighted by molar-refractivity contribution is -0.143. The van der Waals surface area contributed by atoms with Crippen molar-refractivity contribution in [1.29, 1.82) is 0 Å². The van der Waals surface area contributed by atoms with E-state index in [0.29, 0.717) is 25.2 Å². The van der Waals surface area contributed by atoms with Crippen molar-refractivity contribution in [2.45, 2.75) is 25.7 Å². The molecule has 0 saturated carbocycles. The predicted octanol–water partition coefficient (Wildman–Crippen LogP) is 4.10. The van der Waals surface area contributed by atoms with Crippen LogP contribution >= 0.6 is 0 Å². The van der Waals surface area contributed by atoms with Gasteiger partial charge in [0.05, 0.1) is 11.1 Å². The highest BCUT2D eigenvalue weighted by molar-refractivity contribution is 5.37. The fourth-order valence-corrected chi connectivity index (χ4v) is 1.55.